The molecule has 1 fully saturated rings. The average Bonchev–Trinajstić information content (AvgIpc) is 3.25. The minimum absolute atomic E-state index is 0.0121. The maximum atomic E-state index is 12.6. The highest BCUT2D eigenvalue weighted by molar-refractivity contribution is 7.89. The van der Waals surface area contributed by atoms with Crippen molar-refractivity contribution in [2.24, 2.45) is 0 Å². The highest BCUT2D eigenvalue weighted by atomic mass is 32.2. The number of hydrogen-bond acceptors (Lipinski definition) is 5. The largest absolute Gasteiger partial charge is 0.423 e. The van der Waals surface area contributed by atoms with Crippen LogP contribution in [0.1, 0.15) is 49.9 Å². The van der Waals surface area contributed by atoms with E-state index in [2.05, 4.69) is 10.0 Å². The standard InChI is InChI=1S/C23H29N3O5S/c1-16(2)24-23(28)26(3)19-11-13-20(14-12-19)31-22(27)17-7-6-10-21(15-17)32(29,30)25-18-8-4-5-9-18/h6-7,10-16,18,25H,4-5,8-9H2,1-3H3,(H,24,28). The van der Waals surface area contributed by atoms with Crippen molar-refractivity contribution in [1.82, 2.24) is 10.0 Å². The van der Waals surface area contributed by atoms with Gasteiger partial charge in [-0.3, -0.25) is 4.90 Å². The summed E-state index contributed by atoms with van der Waals surface area (Å²) in [5.74, 6) is -0.379. The van der Waals surface area contributed by atoms with E-state index in [9.17, 15) is 18.0 Å². The van der Waals surface area contributed by atoms with E-state index in [1.54, 1.807) is 31.3 Å². The molecule has 0 saturated heterocycles. The van der Waals surface area contributed by atoms with Crippen molar-refractivity contribution < 1.29 is 22.7 Å². The van der Waals surface area contributed by atoms with Crippen LogP contribution in [0.3, 0.4) is 0 Å². The molecule has 2 aromatic rings. The molecule has 8 nitrogen and oxygen atoms in total. The molecule has 3 rings (SSSR count). The zero-order chi connectivity index (χ0) is 23.3. The van der Waals surface area contributed by atoms with Crippen LogP contribution in [0.4, 0.5) is 10.5 Å². The summed E-state index contributed by atoms with van der Waals surface area (Å²) in [4.78, 5) is 26.2. The fourth-order valence-corrected chi connectivity index (χ4v) is 4.84. The molecule has 1 saturated carbocycles. The third kappa shape index (κ3) is 6.08. The van der Waals surface area contributed by atoms with Crippen LogP contribution in [0.25, 0.3) is 0 Å². The van der Waals surface area contributed by atoms with E-state index in [0.29, 0.717) is 5.69 Å². The van der Waals surface area contributed by atoms with Crippen LogP contribution in [0, 0.1) is 0 Å². The number of rotatable bonds is 7. The smallest absolute Gasteiger partial charge is 0.343 e. The Kier molecular flexibility index (Phi) is 7.52. The summed E-state index contributed by atoms with van der Waals surface area (Å²) in [6, 6.07) is 12.0. The number of urea groups is 1. The van der Waals surface area contributed by atoms with E-state index in [1.165, 1.54) is 29.2 Å². The summed E-state index contributed by atoms with van der Waals surface area (Å²) in [6.07, 6.45) is 3.67. The molecule has 2 amide bonds. The van der Waals surface area contributed by atoms with Gasteiger partial charge in [-0.25, -0.2) is 22.7 Å². The number of nitrogens with one attached hydrogen (secondary N) is 2. The van der Waals surface area contributed by atoms with Crippen molar-refractivity contribution in [3.05, 3.63) is 54.1 Å². The number of carbonyl (C=O) groups is 2. The zero-order valence-electron chi connectivity index (χ0n) is 18.5. The fraction of sp³-hybridized carbons (Fsp3) is 0.391. The average molecular weight is 460 g/mol. The minimum atomic E-state index is -3.71. The SMILES string of the molecule is CC(C)NC(=O)N(C)c1ccc(OC(=O)c2cccc(S(=O)(=O)NC3CCCC3)c2)cc1. The fourth-order valence-electron chi connectivity index (χ4n) is 3.49. The molecule has 32 heavy (non-hydrogen) atoms. The number of hydrogen-bond donors (Lipinski definition) is 2. The molecule has 2 N–H and O–H groups in total. The van der Waals surface area contributed by atoms with Crippen molar-refractivity contribution in [2.75, 3.05) is 11.9 Å². The molecule has 2 aromatic carbocycles. The molecule has 172 valence electrons. The number of sulfonamides is 1. The molecule has 0 bridgehead atoms. The topological polar surface area (TPSA) is 105 Å². The van der Waals surface area contributed by atoms with Gasteiger partial charge in [-0.05, 0) is 69.2 Å². The van der Waals surface area contributed by atoms with Crippen molar-refractivity contribution in [3.63, 3.8) is 0 Å². The lowest BCUT2D eigenvalue weighted by Gasteiger charge is -2.20. The van der Waals surface area contributed by atoms with Gasteiger partial charge < -0.3 is 10.1 Å². The normalized spacial score (nSPS) is 14.4. The number of nitrogens with zero attached hydrogens (tertiary/aromatic N) is 1. The second-order valence-corrected chi connectivity index (χ2v) is 9.89. The second kappa shape index (κ2) is 10.1. The highest BCUT2D eigenvalue weighted by Crippen LogP contribution is 2.22. The van der Waals surface area contributed by atoms with Gasteiger partial charge in [0, 0.05) is 24.8 Å². The van der Waals surface area contributed by atoms with Crippen LogP contribution in [0.5, 0.6) is 5.75 Å². The van der Waals surface area contributed by atoms with Crippen LogP contribution in [0.2, 0.25) is 0 Å². The first-order valence-corrected chi connectivity index (χ1v) is 12.1. The number of anilines is 1. The minimum Gasteiger partial charge on any atom is -0.423 e. The maximum absolute atomic E-state index is 12.6. The van der Waals surface area contributed by atoms with E-state index in [1.807, 2.05) is 13.8 Å². The summed E-state index contributed by atoms with van der Waals surface area (Å²) < 4.78 is 33.4. The Morgan fingerprint density at radius 1 is 1.06 bits per heavy atom. The zero-order valence-corrected chi connectivity index (χ0v) is 19.3. The van der Waals surface area contributed by atoms with Gasteiger partial charge in [-0.1, -0.05) is 18.9 Å². The first-order valence-electron chi connectivity index (χ1n) is 10.6. The third-order valence-corrected chi connectivity index (χ3v) is 6.73. The molecule has 0 radical (unpaired) electrons. The summed E-state index contributed by atoms with van der Waals surface area (Å²) >= 11 is 0. The first-order chi connectivity index (χ1) is 15.2. The van der Waals surface area contributed by atoms with Crippen molar-refractivity contribution in [2.45, 2.75) is 56.5 Å². The van der Waals surface area contributed by atoms with Gasteiger partial charge in [0.1, 0.15) is 5.75 Å². The second-order valence-electron chi connectivity index (χ2n) is 8.18. The molecular weight excluding hydrogens is 430 g/mol. The Morgan fingerprint density at radius 3 is 2.34 bits per heavy atom. The third-order valence-electron chi connectivity index (χ3n) is 5.21. The Morgan fingerprint density at radius 2 is 1.72 bits per heavy atom. The van der Waals surface area contributed by atoms with Gasteiger partial charge in [0.25, 0.3) is 0 Å². The van der Waals surface area contributed by atoms with E-state index in [4.69, 9.17) is 4.74 Å². The van der Waals surface area contributed by atoms with Crippen molar-refractivity contribution in [3.8, 4) is 5.75 Å². The number of amides is 2. The highest BCUT2D eigenvalue weighted by Gasteiger charge is 2.24. The molecule has 0 spiro atoms. The van der Waals surface area contributed by atoms with Crippen molar-refractivity contribution in [1.29, 1.82) is 0 Å². The van der Waals surface area contributed by atoms with Crippen LogP contribution in [0.15, 0.2) is 53.4 Å². The lowest BCUT2D eigenvalue weighted by atomic mass is 10.2. The molecule has 1 aliphatic carbocycles. The predicted octanol–water partition coefficient (Wildman–Crippen LogP) is 3.68. The van der Waals surface area contributed by atoms with Crippen LogP contribution < -0.4 is 19.7 Å². The quantitative estimate of drug-likeness (QED) is 0.485. The van der Waals surface area contributed by atoms with Gasteiger partial charge in [0.05, 0.1) is 10.5 Å². The van der Waals surface area contributed by atoms with Gasteiger partial charge in [-0.15, -0.1) is 0 Å². The molecule has 0 aromatic heterocycles. The maximum Gasteiger partial charge on any atom is 0.343 e. The predicted molar refractivity (Wildman–Crippen MR) is 122 cm³/mol. The van der Waals surface area contributed by atoms with E-state index in [-0.39, 0.29) is 34.3 Å². The summed E-state index contributed by atoms with van der Waals surface area (Å²) in [5, 5.41) is 2.80. The number of benzene rings is 2. The van der Waals surface area contributed by atoms with Crippen LogP contribution >= 0.6 is 0 Å². The molecule has 1 aliphatic rings. The molecule has 0 aliphatic heterocycles. The lowest BCUT2D eigenvalue weighted by molar-refractivity contribution is 0.0734. The van der Waals surface area contributed by atoms with E-state index < -0.39 is 16.0 Å². The molecule has 0 heterocycles. The Hall–Kier alpha value is -2.91. The summed E-state index contributed by atoms with van der Waals surface area (Å²) in [7, 11) is -2.06. The number of ether oxygens (including phenoxy) is 1. The summed E-state index contributed by atoms with van der Waals surface area (Å²) in [6.45, 7) is 3.75. The monoisotopic (exact) mass is 459 g/mol. The van der Waals surface area contributed by atoms with E-state index in [0.717, 1.165) is 25.7 Å². The van der Waals surface area contributed by atoms with E-state index >= 15 is 0 Å². The van der Waals surface area contributed by atoms with Gasteiger partial charge in [0.2, 0.25) is 10.0 Å². The molecule has 0 unspecified atom stereocenters. The number of esters is 1. The first kappa shape index (κ1) is 23.7. The number of carbonyl (C=O) groups excluding carboxylic acids is 2. The molecule has 0 atom stereocenters. The molecule has 9 heteroatoms. The molecular formula is C23H29N3O5S. The Balaban J connectivity index is 1.67. The van der Waals surface area contributed by atoms with Gasteiger partial charge in [-0.2, -0.15) is 0 Å². The Labute approximate surface area is 189 Å². The van der Waals surface area contributed by atoms with Gasteiger partial charge in [0.15, 0.2) is 0 Å². The van der Waals surface area contributed by atoms with Crippen LogP contribution in [-0.4, -0.2) is 39.5 Å². The van der Waals surface area contributed by atoms with Crippen LogP contribution in [-0.2, 0) is 10.0 Å². The van der Waals surface area contributed by atoms with Crippen molar-refractivity contribution >= 4 is 27.7 Å². The summed E-state index contributed by atoms with van der Waals surface area (Å²) in [5.41, 5.74) is 0.769. The van der Waals surface area contributed by atoms with Gasteiger partial charge >= 0.3 is 12.0 Å². The Bertz CT molecular complexity index is 1060. The lowest BCUT2D eigenvalue weighted by Crippen LogP contribution is -2.40.